The van der Waals surface area contributed by atoms with Crippen LogP contribution < -0.4 is 17.2 Å². The van der Waals surface area contributed by atoms with Crippen molar-refractivity contribution in [2.75, 3.05) is 19.7 Å². The van der Waals surface area contributed by atoms with Crippen molar-refractivity contribution in [3.05, 3.63) is 82.3 Å². The Morgan fingerprint density at radius 1 is 1.20 bits per heavy atom. The molecule has 7 N–H and O–H groups in total. The van der Waals surface area contributed by atoms with Gasteiger partial charge in [-0.25, -0.2) is 4.79 Å². The molecule has 2 aromatic rings. The minimum absolute atomic E-state index is 0.0239. The van der Waals surface area contributed by atoms with Gasteiger partial charge in [-0.1, -0.05) is 18.2 Å². The number of rotatable bonds is 6. The molecular weight excluding hydrogens is 461 g/mol. The zero-order chi connectivity index (χ0) is 25.8. The van der Waals surface area contributed by atoms with Crippen LogP contribution in [0.1, 0.15) is 52.7 Å². The summed E-state index contributed by atoms with van der Waals surface area (Å²) in [5, 5.41) is 10.1. The van der Waals surface area contributed by atoms with E-state index < -0.39 is 23.6 Å². The average Bonchev–Trinajstić information content (AvgIpc) is 2.81. The van der Waals surface area contributed by atoms with E-state index in [0.29, 0.717) is 30.6 Å². The first-order valence-electron chi connectivity index (χ1n) is 11.2. The summed E-state index contributed by atoms with van der Waals surface area (Å²) >= 11 is 0. The molecule has 1 heterocycles. The maximum Gasteiger partial charge on any atom is 0.416 e. The zero-order valence-electron chi connectivity index (χ0n) is 19.3. The minimum Gasteiger partial charge on any atom is -0.507 e. The van der Waals surface area contributed by atoms with Crippen LogP contribution in [-0.4, -0.2) is 35.7 Å². The van der Waals surface area contributed by atoms with Gasteiger partial charge in [0.05, 0.1) is 23.4 Å². The summed E-state index contributed by atoms with van der Waals surface area (Å²) in [4.78, 5) is 13.8. The van der Waals surface area contributed by atoms with Crippen molar-refractivity contribution in [2.24, 2.45) is 17.2 Å². The fraction of sp³-hybridized carbons (Fsp3) is 0.320. The molecule has 3 rings (SSSR count). The summed E-state index contributed by atoms with van der Waals surface area (Å²) in [7, 11) is 0. The largest absolute Gasteiger partial charge is 0.507 e. The smallest absolute Gasteiger partial charge is 0.416 e. The van der Waals surface area contributed by atoms with Gasteiger partial charge in [-0.15, -0.1) is 0 Å². The fourth-order valence-electron chi connectivity index (χ4n) is 4.25. The van der Waals surface area contributed by atoms with Gasteiger partial charge in [0.1, 0.15) is 11.6 Å². The molecule has 0 saturated carbocycles. The van der Waals surface area contributed by atoms with Crippen LogP contribution >= 0.6 is 0 Å². The molecule has 0 radical (unpaired) electrons. The second-order valence-electron chi connectivity index (χ2n) is 8.26. The first-order valence-corrected chi connectivity index (χ1v) is 11.2. The first kappa shape index (κ1) is 25.8. The Bertz CT molecular complexity index is 1140. The molecule has 1 fully saturated rings. The monoisotopic (exact) mass is 490 g/mol. The predicted molar refractivity (Wildman–Crippen MR) is 127 cm³/mol. The number of halogens is 3. The maximum absolute atomic E-state index is 13.9. The number of para-hydroxylation sites is 1. The molecule has 2 aromatic carbocycles. The van der Waals surface area contributed by atoms with E-state index in [1.54, 1.807) is 30.0 Å². The molecule has 0 amide bonds. The van der Waals surface area contributed by atoms with E-state index in [9.17, 15) is 23.1 Å². The van der Waals surface area contributed by atoms with Gasteiger partial charge in [-0.2, -0.15) is 13.2 Å². The second kappa shape index (κ2) is 10.6. The number of hydrogen-bond donors (Lipinski definition) is 4. The number of nitrogens with zero attached hydrogens (tertiary/aromatic N) is 1. The van der Waals surface area contributed by atoms with Gasteiger partial charge < -0.3 is 31.9 Å². The number of allylic oxidation sites excluding steroid dienone is 1. The van der Waals surface area contributed by atoms with Gasteiger partial charge in [0.15, 0.2) is 0 Å². The van der Waals surface area contributed by atoms with Gasteiger partial charge in [-0.3, -0.25) is 0 Å². The van der Waals surface area contributed by atoms with Crippen molar-refractivity contribution in [1.82, 2.24) is 4.90 Å². The number of piperidine rings is 1. The number of alkyl halides is 3. The summed E-state index contributed by atoms with van der Waals surface area (Å²) in [6.45, 7) is 2.37. The normalized spacial score (nSPS) is 16.6. The highest BCUT2D eigenvalue weighted by atomic mass is 19.4. The number of carbonyl (C=O) groups excluding carboxylic acids is 1. The third-order valence-electron chi connectivity index (χ3n) is 5.87. The lowest BCUT2D eigenvalue weighted by molar-refractivity contribution is -0.138. The van der Waals surface area contributed by atoms with E-state index in [4.69, 9.17) is 21.9 Å². The number of likely N-dealkylation sites (tertiary alicyclic amines) is 1. The number of nitrogens with two attached hydrogens (primary N) is 3. The third kappa shape index (κ3) is 6.00. The summed E-state index contributed by atoms with van der Waals surface area (Å²) < 4.78 is 46.7. The van der Waals surface area contributed by atoms with Crippen LogP contribution in [-0.2, 0) is 10.9 Å². The Hall–Kier alpha value is -3.82. The summed E-state index contributed by atoms with van der Waals surface area (Å²) in [5.74, 6) is -1.37. The molecule has 1 aliphatic heterocycles. The first-order chi connectivity index (χ1) is 16.5. The van der Waals surface area contributed by atoms with Gasteiger partial charge in [0, 0.05) is 30.3 Å². The molecule has 0 aliphatic carbocycles. The van der Waals surface area contributed by atoms with Crippen LogP contribution in [0.5, 0.6) is 5.75 Å². The highest BCUT2D eigenvalue weighted by Crippen LogP contribution is 2.39. The molecule has 0 aromatic heterocycles. The maximum atomic E-state index is 13.9. The molecule has 1 unspecified atom stereocenters. The molecule has 0 spiro atoms. The summed E-state index contributed by atoms with van der Waals surface area (Å²) in [6, 6.07) is 10.0. The Morgan fingerprint density at radius 3 is 2.54 bits per heavy atom. The third-order valence-corrected chi connectivity index (χ3v) is 5.87. The van der Waals surface area contributed by atoms with E-state index in [0.717, 1.165) is 6.07 Å². The molecule has 7 nitrogen and oxygen atoms in total. The van der Waals surface area contributed by atoms with Crippen LogP contribution in [0.3, 0.4) is 0 Å². The van der Waals surface area contributed by atoms with Crippen molar-refractivity contribution in [1.29, 1.82) is 0 Å². The number of ether oxygens (including phenoxy) is 1. The number of phenols is 1. The highest BCUT2D eigenvalue weighted by Gasteiger charge is 2.37. The van der Waals surface area contributed by atoms with Crippen molar-refractivity contribution >= 4 is 11.7 Å². The number of benzene rings is 2. The van der Waals surface area contributed by atoms with Crippen molar-refractivity contribution < 1.29 is 27.8 Å². The Morgan fingerprint density at radius 2 is 1.91 bits per heavy atom. The molecule has 188 valence electrons. The number of esters is 1. The fourth-order valence-corrected chi connectivity index (χ4v) is 4.25. The van der Waals surface area contributed by atoms with Crippen LogP contribution in [0.25, 0.3) is 5.70 Å². The summed E-state index contributed by atoms with van der Waals surface area (Å²) in [6.07, 6.45) is -2.04. The molecule has 10 heteroatoms. The van der Waals surface area contributed by atoms with Gasteiger partial charge in [0.2, 0.25) is 0 Å². The van der Waals surface area contributed by atoms with Crippen LogP contribution in [0.2, 0.25) is 0 Å². The molecule has 1 saturated heterocycles. The molecule has 1 atom stereocenters. The topological polar surface area (TPSA) is 128 Å². The van der Waals surface area contributed by atoms with Crippen molar-refractivity contribution in [3.63, 3.8) is 0 Å². The number of carbonyl (C=O) groups is 1. The van der Waals surface area contributed by atoms with Gasteiger partial charge in [0.25, 0.3) is 0 Å². The minimum atomic E-state index is -4.65. The van der Waals surface area contributed by atoms with E-state index >= 15 is 0 Å². The Balaban J connectivity index is 1.94. The quantitative estimate of drug-likeness (QED) is 0.358. The van der Waals surface area contributed by atoms with Gasteiger partial charge in [-0.05, 0) is 55.7 Å². The van der Waals surface area contributed by atoms with E-state index in [1.165, 1.54) is 24.3 Å². The molecular formula is C25H29F3N4O3. The molecule has 1 aliphatic rings. The summed E-state index contributed by atoms with van der Waals surface area (Å²) in [5.41, 5.74) is 18.0. The number of aromatic hydroxyl groups is 1. The average molecular weight is 491 g/mol. The zero-order valence-corrected chi connectivity index (χ0v) is 19.3. The standard InChI is InChI=1S/C25H29F3N4O3/c1-2-35-24(34)15-9-10-17(19(12-15)25(26,27)28)16-6-5-11-32(14-16)21(23(30)31)13-20(29)18-7-3-4-8-22(18)33/h3-4,7-10,12-13,16,33H,2,5-6,11,14,29-31H2,1H3/b20-13-. The Labute approximate surface area is 201 Å². The lowest BCUT2D eigenvalue weighted by atomic mass is 9.86. The van der Waals surface area contributed by atoms with Crippen LogP contribution in [0.15, 0.2) is 60.1 Å². The second-order valence-corrected chi connectivity index (χ2v) is 8.26. The number of hydrogen-bond acceptors (Lipinski definition) is 7. The highest BCUT2D eigenvalue weighted by molar-refractivity contribution is 5.89. The number of phenolic OH excluding ortho intramolecular Hbond substituents is 1. The van der Waals surface area contributed by atoms with Crippen LogP contribution in [0, 0.1) is 0 Å². The van der Waals surface area contributed by atoms with Crippen LogP contribution in [0.4, 0.5) is 13.2 Å². The van der Waals surface area contributed by atoms with Crippen molar-refractivity contribution in [3.8, 4) is 5.75 Å². The van der Waals surface area contributed by atoms with E-state index in [2.05, 4.69) is 0 Å². The predicted octanol–water partition coefficient (Wildman–Crippen LogP) is 3.85. The lowest BCUT2D eigenvalue weighted by Gasteiger charge is -2.36. The SMILES string of the molecule is CCOC(=O)c1ccc(C2CCCN(C(/C=C(\N)c3ccccc3O)=C(N)N)C2)c(C(F)(F)F)c1. The van der Waals surface area contributed by atoms with Gasteiger partial charge >= 0.3 is 12.1 Å². The molecule has 0 bridgehead atoms. The van der Waals surface area contributed by atoms with Crippen molar-refractivity contribution in [2.45, 2.75) is 31.9 Å². The Kier molecular flexibility index (Phi) is 7.83. The van der Waals surface area contributed by atoms with E-state index in [-0.39, 0.29) is 41.5 Å². The lowest BCUT2D eigenvalue weighted by Crippen LogP contribution is -2.36. The molecule has 35 heavy (non-hydrogen) atoms. The van der Waals surface area contributed by atoms with E-state index in [1.807, 2.05) is 0 Å².